The van der Waals surface area contributed by atoms with Crippen molar-refractivity contribution in [1.82, 2.24) is 9.80 Å². The van der Waals surface area contributed by atoms with Crippen LogP contribution in [0.25, 0.3) is 0 Å². The van der Waals surface area contributed by atoms with E-state index >= 15 is 0 Å². The molecular weight excluding hydrogens is 408 g/mol. The summed E-state index contributed by atoms with van der Waals surface area (Å²) in [4.78, 5) is 42.7. The second-order valence-electron chi connectivity index (χ2n) is 9.35. The lowest BCUT2D eigenvalue weighted by Gasteiger charge is -2.47. The van der Waals surface area contributed by atoms with E-state index in [1.54, 1.807) is 11.8 Å². The van der Waals surface area contributed by atoms with Crippen LogP contribution in [-0.4, -0.2) is 64.0 Å². The summed E-state index contributed by atoms with van der Waals surface area (Å²) in [7, 11) is 0. The number of aliphatic hydroxyl groups excluding tert-OH is 1. The molecule has 0 aromatic heterocycles. The number of carbonyl (C=O) groups excluding carboxylic acids is 3. The van der Waals surface area contributed by atoms with Gasteiger partial charge in [-0.25, -0.2) is 0 Å². The van der Waals surface area contributed by atoms with Crippen molar-refractivity contribution in [2.24, 2.45) is 11.8 Å². The highest BCUT2D eigenvalue weighted by molar-refractivity contribution is 5.93. The van der Waals surface area contributed by atoms with Gasteiger partial charge in [0.2, 0.25) is 5.91 Å². The molecule has 2 aliphatic heterocycles. The summed E-state index contributed by atoms with van der Waals surface area (Å²) in [6.07, 6.45) is 4.80. The number of rotatable bonds is 5. The fourth-order valence-electron chi connectivity index (χ4n) is 5.87. The lowest BCUT2D eigenvalue weighted by atomic mass is 9.75. The Hall–Kier alpha value is -2.41. The van der Waals surface area contributed by atoms with Gasteiger partial charge < -0.3 is 19.6 Å². The maximum atomic E-state index is 13.2. The van der Waals surface area contributed by atoms with Crippen molar-refractivity contribution in [3.63, 3.8) is 0 Å². The molecule has 174 valence electrons. The Morgan fingerprint density at radius 2 is 1.75 bits per heavy atom. The van der Waals surface area contributed by atoms with Gasteiger partial charge in [0.1, 0.15) is 12.0 Å². The quantitative estimate of drug-likeness (QED) is 0.708. The first kappa shape index (κ1) is 22.8. The molecule has 1 N–H and O–H groups in total. The molecule has 0 bridgehead atoms. The van der Waals surface area contributed by atoms with Crippen LogP contribution in [0.1, 0.15) is 57.4 Å². The van der Waals surface area contributed by atoms with Crippen molar-refractivity contribution < 1.29 is 24.2 Å². The average molecular weight is 443 g/mol. The van der Waals surface area contributed by atoms with Crippen LogP contribution < -0.4 is 0 Å². The topological polar surface area (TPSA) is 87.2 Å². The zero-order chi connectivity index (χ0) is 22.7. The van der Waals surface area contributed by atoms with Crippen molar-refractivity contribution in [1.29, 1.82) is 0 Å². The molecule has 3 aliphatic rings. The first-order chi connectivity index (χ1) is 15.5. The minimum atomic E-state index is -1.42. The molecule has 1 aliphatic carbocycles. The molecule has 1 aromatic carbocycles. The number of carbonyl (C=O) groups is 3. The highest BCUT2D eigenvalue weighted by Crippen LogP contribution is 2.45. The Bertz CT molecular complexity index is 828. The van der Waals surface area contributed by atoms with Gasteiger partial charge >= 0.3 is 5.97 Å². The van der Waals surface area contributed by atoms with E-state index < -0.39 is 29.4 Å². The third-order valence-electron chi connectivity index (χ3n) is 7.57. The number of likely N-dealkylation sites (tertiary alicyclic amines) is 2. The molecule has 2 amide bonds. The van der Waals surface area contributed by atoms with Gasteiger partial charge in [0.05, 0.1) is 12.1 Å². The summed E-state index contributed by atoms with van der Waals surface area (Å²) in [6, 6.07) is 9.61. The summed E-state index contributed by atoms with van der Waals surface area (Å²) in [5, 5.41) is 10.8. The number of aliphatic hydroxyl groups is 1. The molecule has 4 rings (SSSR count). The monoisotopic (exact) mass is 442 g/mol. The molecule has 0 radical (unpaired) electrons. The fraction of sp³-hybridized carbons (Fsp3) is 0.640. The SMILES string of the molecule is CCOC(=O)[C@H]1[C@@H](O)C(=O)N(Cc2ccccc2)C12CCN(C(=O)C1CCCCC1)CC2. The molecule has 7 nitrogen and oxygen atoms in total. The number of hydrogen-bond donors (Lipinski definition) is 1. The van der Waals surface area contributed by atoms with E-state index in [9.17, 15) is 19.5 Å². The lowest BCUT2D eigenvalue weighted by Crippen LogP contribution is -2.58. The summed E-state index contributed by atoms with van der Waals surface area (Å²) in [5.41, 5.74) is 0.0970. The van der Waals surface area contributed by atoms with E-state index in [2.05, 4.69) is 0 Å². The molecule has 1 aromatic rings. The van der Waals surface area contributed by atoms with E-state index in [1.807, 2.05) is 35.2 Å². The van der Waals surface area contributed by atoms with E-state index in [4.69, 9.17) is 4.74 Å². The van der Waals surface area contributed by atoms with Crippen molar-refractivity contribution in [2.45, 2.75) is 70.1 Å². The van der Waals surface area contributed by atoms with Crippen molar-refractivity contribution in [2.75, 3.05) is 19.7 Å². The van der Waals surface area contributed by atoms with Crippen LogP contribution >= 0.6 is 0 Å². The van der Waals surface area contributed by atoms with Gasteiger partial charge in [-0.3, -0.25) is 14.4 Å². The maximum absolute atomic E-state index is 13.2. The van der Waals surface area contributed by atoms with Crippen LogP contribution in [0.5, 0.6) is 0 Å². The van der Waals surface area contributed by atoms with E-state index in [1.165, 1.54) is 6.42 Å². The van der Waals surface area contributed by atoms with Crippen LogP contribution in [0.4, 0.5) is 0 Å². The Kier molecular flexibility index (Phi) is 6.84. The third-order valence-corrected chi connectivity index (χ3v) is 7.57. The Morgan fingerprint density at radius 1 is 1.09 bits per heavy atom. The maximum Gasteiger partial charge on any atom is 0.314 e. The fourth-order valence-corrected chi connectivity index (χ4v) is 5.87. The lowest BCUT2D eigenvalue weighted by molar-refractivity contribution is -0.157. The minimum absolute atomic E-state index is 0.0925. The molecule has 32 heavy (non-hydrogen) atoms. The molecule has 0 unspecified atom stereocenters. The zero-order valence-electron chi connectivity index (χ0n) is 18.9. The molecule has 2 heterocycles. The van der Waals surface area contributed by atoms with Gasteiger partial charge in [-0.05, 0) is 38.2 Å². The molecule has 2 saturated heterocycles. The van der Waals surface area contributed by atoms with Gasteiger partial charge in [-0.1, -0.05) is 49.6 Å². The molecule has 3 fully saturated rings. The van der Waals surface area contributed by atoms with Crippen LogP contribution in [-0.2, 0) is 25.7 Å². The van der Waals surface area contributed by atoms with Gasteiger partial charge in [0.15, 0.2) is 0 Å². The first-order valence-corrected chi connectivity index (χ1v) is 12.0. The predicted octanol–water partition coefficient (Wildman–Crippen LogP) is 2.51. The highest BCUT2D eigenvalue weighted by atomic mass is 16.5. The van der Waals surface area contributed by atoms with Gasteiger partial charge in [-0.15, -0.1) is 0 Å². The Morgan fingerprint density at radius 3 is 2.38 bits per heavy atom. The number of amides is 2. The van der Waals surface area contributed by atoms with Crippen molar-refractivity contribution >= 4 is 17.8 Å². The first-order valence-electron chi connectivity index (χ1n) is 12.0. The Labute approximate surface area is 189 Å². The standard InChI is InChI=1S/C25H34N2O5/c1-2-32-24(31)20-21(28)23(30)27(17-18-9-5-3-6-10-18)25(20)13-15-26(16-14-25)22(29)19-11-7-4-8-12-19/h3,5-6,9-10,19-21,28H,2,4,7-8,11-17H2,1H3/t20-,21-/m1/s1. The van der Waals surface area contributed by atoms with E-state index in [-0.39, 0.29) is 18.4 Å². The zero-order valence-corrected chi connectivity index (χ0v) is 18.9. The number of ether oxygens (including phenoxy) is 1. The van der Waals surface area contributed by atoms with E-state index in [0.717, 1.165) is 31.2 Å². The van der Waals surface area contributed by atoms with Crippen molar-refractivity contribution in [3.8, 4) is 0 Å². The highest BCUT2D eigenvalue weighted by Gasteiger charge is 2.62. The average Bonchev–Trinajstić information content (AvgIpc) is 3.02. The number of piperidine rings is 1. The molecular formula is C25H34N2O5. The number of nitrogens with zero attached hydrogens (tertiary/aromatic N) is 2. The second kappa shape index (κ2) is 9.61. The third kappa shape index (κ3) is 4.15. The summed E-state index contributed by atoms with van der Waals surface area (Å²) < 4.78 is 5.28. The van der Waals surface area contributed by atoms with Crippen molar-refractivity contribution in [3.05, 3.63) is 35.9 Å². The number of benzene rings is 1. The largest absolute Gasteiger partial charge is 0.466 e. The summed E-state index contributed by atoms with van der Waals surface area (Å²) >= 11 is 0. The summed E-state index contributed by atoms with van der Waals surface area (Å²) in [5.74, 6) is -1.61. The van der Waals surface area contributed by atoms with Crippen LogP contribution in [0.3, 0.4) is 0 Å². The van der Waals surface area contributed by atoms with Gasteiger partial charge in [-0.2, -0.15) is 0 Å². The second-order valence-corrected chi connectivity index (χ2v) is 9.35. The molecule has 2 atom stereocenters. The van der Waals surface area contributed by atoms with Gasteiger partial charge in [0.25, 0.3) is 5.91 Å². The Balaban J connectivity index is 1.58. The van der Waals surface area contributed by atoms with Crippen LogP contribution in [0, 0.1) is 11.8 Å². The number of hydrogen-bond acceptors (Lipinski definition) is 5. The van der Waals surface area contributed by atoms with Crippen LogP contribution in [0.2, 0.25) is 0 Å². The summed E-state index contributed by atoms with van der Waals surface area (Å²) in [6.45, 7) is 3.20. The molecule has 1 saturated carbocycles. The van der Waals surface area contributed by atoms with Gasteiger partial charge in [0, 0.05) is 25.6 Å². The minimum Gasteiger partial charge on any atom is -0.466 e. The molecule has 1 spiro atoms. The normalized spacial score (nSPS) is 25.9. The smallest absolute Gasteiger partial charge is 0.314 e. The van der Waals surface area contributed by atoms with E-state index in [0.29, 0.717) is 32.5 Å². The molecule has 7 heteroatoms. The number of esters is 1. The van der Waals surface area contributed by atoms with Crippen LogP contribution in [0.15, 0.2) is 30.3 Å². The predicted molar refractivity (Wildman–Crippen MR) is 118 cm³/mol.